The molecule has 0 spiro atoms. The van der Waals surface area contributed by atoms with Crippen LogP contribution in [0.1, 0.15) is 33.3 Å². The lowest BCUT2D eigenvalue weighted by molar-refractivity contribution is 0.0782. The standard InChI is InChI=1S/C9H14N2O.C2H6/c1-9(2,12)7-4-5-8(10-3)11-6-7;1-2/h4-6,12H,1-3H3,(H,10,11);1-2H3. The summed E-state index contributed by atoms with van der Waals surface area (Å²) in [7, 11) is 1.81. The lowest BCUT2D eigenvalue weighted by Crippen LogP contribution is -2.15. The van der Waals surface area contributed by atoms with E-state index < -0.39 is 5.60 Å². The number of hydrogen-bond donors (Lipinski definition) is 2. The van der Waals surface area contributed by atoms with Gasteiger partial charge < -0.3 is 10.4 Å². The Kier molecular flexibility index (Phi) is 5.16. The number of aliphatic hydroxyl groups is 1. The molecule has 0 aliphatic heterocycles. The molecule has 0 aliphatic carbocycles. The second kappa shape index (κ2) is 5.60. The zero-order valence-electron chi connectivity index (χ0n) is 9.63. The van der Waals surface area contributed by atoms with Crippen LogP contribution < -0.4 is 5.32 Å². The van der Waals surface area contributed by atoms with Gasteiger partial charge >= 0.3 is 0 Å². The third kappa shape index (κ3) is 3.75. The van der Waals surface area contributed by atoms with Crippen molar-refractivity contribution >= 4 is 5.82 Å². The molecule has 0 atom stereocenters. The first kappa shape index (κ1) is 12.9. The van der Waals surface area contributed by atoms with E-state index in [1.165, 1.54) is 0 Å². The molecule has 0 amide bonds. The van der Waals surface area contributed by atoms with Crippen LogP contribution in [0.5, 0.6) is 0 Å². The Morgan fingerprint density at radius 1 is 1.29 bits per heavy atom. The molecule has 0 unspecified atom stereocenters. The maximum atomic E-state index is 9.59. The summed E-state index contributed by atoms with van der Waals surface area (Å²) in [6.45, 7) is 7.48. The van der Waals surface area contributed by atoms with E-state index in [1.54, 1.807) is 20.0 Å². The molecule has 2 N–H and O–H groups in total. The predicted molar refractivity (Wildman–Crippen MR) is 60.4 cm³/mol. The minimum atomic E-state index is -0.806. The van der Waals surface area contributed by atoms with Crippen molar-refractivity contribution in [3.05, 3.63) is 23.9 Å². The summed E-state index contributed by atoms with van der Waals surface area (Å²) in [5, 5.41) is 12.5. The van der Waals surface area contributed by atoms with Gasteiger partial charge in [0.05, 0.1) is 5.60 Å². The zero-order chi connectivity index (χ0) is 11.2. The van der Waals surface area contributed by atoms with Crippen LogP contribution in [0.15, 0.2) is 18.3 Å². The van der Waals surface area contributed by atoms with Crippen molar-refractivity contribution in [2.75, 3.05) is 12.4 Å². The van der Waals surface area contributed by atoms with Gasteiger partial charge in [-0.3, -0.25) is 0 Å². The average Bonchev–Trinajstić information content (AvgIpc) is 2.20. The Bertz CT molecular complexity index is 249. The molecule has 0 fully saturated rings. The van der Waals surface area contributed by atoms with Gasteiger partial charge in [0.15, 0.2) is 0 Å². The molecular weight excluding hydrogens is 176 g/mol. The Balaban J connectivity index is 0.000000791. The van der Waals surface area contributed by atoms with Gasteiger partial charge in [-0.15, -0.1) is 0 Å². The largest absolute Gasteiger partial charge is 0.386 e. The number of aromatic nitrogens is 1. The summed E-state index contributed by atoms with van der Waals surface area (Å²) < 4.78 is 0. The highest BCUT2D eigenvalue weighted by atomic mass is 16.3. The SMILES string of the molecule is CC.CNc1ccc(C(C)(C)O)cn1. The fraction of sp³-hybridized carbons (Fsp3) is 0.545. The normalized spacial score (nSPS) is 10.1. The molecule has 1 aromatic heterocycles. The van der Waals surface area contributed by atoms with Crippen LogP contribution in [0.3, 0.4) is 0 Å². The van der Waals surface area contributed by atoms with Crippen molar-refractivity contribution in [1.29, 1.82) is 0 Å². The molecule has 1 heterocycles. The molecule has 14 heavy (non-hydrogen) atoms. The Labute approximate surface area is 86.2 Å². The first-order valence-corrected chi connectivity index (χ1v) is 4.90. The summed E-state index contributed by atoms with van der Waals surface area (Å²) in [5.41, 5.74) is 0.0146. The Morgan fingerprint density at radius 2 is 1.86 bits per heavy atom. The van der Waals surface area contributed by atoms with E-state index in [4.69, 9.17) is 0 Å². The van der Waals surface area contributed by atoms with E-state index in [9.17, 15) is 5.11 Å². The maximum Gasteiger partial charge on any atom is 0.125 e. The second-order valence-electron chi connectivity index (χ2n) is 3.24. The van der Waals surface area contributed by atoms with E-state index in [-0.39, 0.29) is 0 Å². The van der Waals surface area contributed by atoms with Crippen LogP contribution in [-0.2, 0) is 5.60 Å². The van der Waals surface area contributed by atoms with Crippen molar-refractivity contribution < 1.29 is 5.11 Å². The maximum absolute atomic E-state index is 9.59. The van der Waals surface area contributed by atoms with Gasteiger partial charge in [0.25, 0.3) is 0 Å². The van der Waals surface area contributed by atoms with E-state index in [0.29, 0.717) is 0 Å². The monoisotopic (exact) mass is 196 g/mol. The molecule has 0 bridgehead atoms. The smallest absolute Gasteiger partial charge is 0.125 e. The second-order valence-corrected chi connectivity index (χ2v) is 3.24. The molecular formula is C11H20N2O. The highest BCUT2D eigenvalue weighted by molar-refractivity contribution is 5.35. The topological polar surface area (TPSA) is 45.1 Å². The Hall–Kier alpha value is -1.09. The van der Waals surface area contributed by atoms with Gasteiger partial charge in [0.2, 0.25) is 0 Å². The first-order valence-electron chi connectivity index (χ1n) is 4.90. The van der Waals surface area contributed by atoms with Crippen LogP contribution in [0, 0.1) is 0 Å². The van der Waals surface area contributed by atoms with Crippen molar-refractivity contribution in [2.24, 2.45) is 0 Å². The van der Waals surface area contributed by atoms with Crippen molar-refractivity contribution in [3.63, 3.8) is 0 Å². The molecule has 3 heteroatoms. The summed E-state index contributed by atoms with van der Waals surface area (Å²) in [5.74, 6) is 0.808. The molecule has 1 rings (SSSR count). The Morgan fingerprint density at radius 3 is 2.14 bits per heavy atom. The van der Waals surface area contributed by atoms with Crippen molar-refractivity contribution in [2.45, 2.75) is 33.3 Å². The van der Waals surface area contributed by atoms with Crippen LogP contribution in [0.4, 0.5) is 5.82 Å². The summed E-state index contributed by atoms with van der Waals surface area (Å²) >= 11 is 0. The zero-order valence-corrected chi connectivity index (χ0v) is 9.63. The van der Waals surface area contributed by atoms with E-state index in [1.807, 2.05) is 33.0 Å². The van der Waals surface area contributed by atoms with Crippen molar-refractivity contribution in [3.8, 4) is 0 Å². The lowest BCUT2D eigenvalue weighted by atomic mass is 10.0. The number of anilines is 1. The van der Waals surface area contributed by atoms with Gasteiger partial charge in [0, 0.05) is 18.8 Å². The third-order valence-corrected chi connectivity index (χ3v) is 1.73. The molecule has 0 aliphatic rings. The average molecular weight is 196 g/mol. The fourth-order valence-electron chi connectivity index (χ4n) is 0.904. The minimum Gasteiger partial charge on any atom is -0.386 e. The number of hydrogen-bond acceptors (Lipinski definition) is 3. The molecule has 0 radical (unpaired) electrons. The van der Waals surface area contributed by atoms with Crippen LogP contribution in [0.25, 0.3) is 0 Å². The third-order valence-electron chi connectivity index (χ3n) is 1.73. The molecule has 0 saturated carbocycles. The van der Waals surface area contributed by atoms with Crippen LogP contribution in [-0.4, -0.2) is 17.1 Å². The summed E-state index contributed by atoms with van der Waals surface area (Å²) in [6, 6.07) is 3.70. The van der Waals surface area contributed by atoms with E-state index in [2.05, 4.69) is 10.3 Å². The van der Waals surface area contributed by atoms with Gasteiger partial charge in [-0.1, -0.05) is 19.9 Å². The van der Waals surface area contributed by atoms with Gasteiger partial charge in [-0.05, 0) is 19.9 Å². The number of nitrogens with one attached hydrogen (secondary N) is 1. The van der Waals surface area contributed by atoms with E-state index >= 15 is 0 Å². The molecule has 80 valence electrons. The van der Waals surface area contributed by atoms with E-state index in [0.717, 1.165) is 11.4 Å². The minimum absolute atomic E-state index is 0.806. The van der Waals surface area contributed by atoms with Gasteiger partial charge in [-0.25, -0.2) is 4.98 Å². The highest BCUT2D eigenvalue weighted by Gasteiger charge is 2.15. The predicted octanol–water partition coefficient (Wildman–Crippen LogP) is 2.38. The number of rotatable bonds is 2. The highest BCUT2D eigenvalue weighted by Crippen LogP contribution is 2.18. The molecule has 0 saturated heterocycles. The van der Waals surface area contributed by atoms with Crippen molar-refractivity contribution in [1.82, 2.24) is 4.98 Å². The van der Waals surface area contributed by atoms with Crippen LogP contribution in [0.2, 0.25) is 0 Å². The quantitative estimate of drug-likeness (QED) is 0.763. The summed E-state index contributed by atoms with van der Waals surface area (Å²) in [6.07, 6.45) is 1.67. The number of pyridine rings is 1. The molecule has 3 nitrogen and oxygen atoms in total. The molecule has 1 aromatic rings. The van der Waals surface area contributed by atoms with Gasteiger partial charge in [-0.2, -0.15) is 0 Å². The van der Waals surface area contributed by atoms with Crippen LogP contribution >= 0.6 is 0 Å². The first-order chi connectivity index (χ1) is 6.54. The molecule has 0 aromatic carbocycles. The number of nitrogens with zero attached hydrogens (tertiary/aromatic N) is 1. The lowest BCUT2D eigenvalue weighted by Gasteiger charge is -2.16. The summed E-state index contributed by atoms with van der Waals surface area (Å²) in [4.78, 5) is 4.09. The fourth-order valence-corrected chi connectivity index (χ4v) is 0.904. The van der Waals surface area contributed by atoms with Gasteiger partial charge in [0.1, 0.15) is 5.82 Å².